The lowest BCUT2D eigenvalue weighted by molar-refractivity contribution is -0.146. The van der Waals surface area contributed by atoms with Crippen LogP contribution in [0.3, 0.4) is 0 Å². The van der Waals surface area contributed by atoms with E-state index in [0.29, 0.717) is 45.3 Å². The van der Waals surface area contributed by atoms with Gasteiger partial charge in [-0.3, -0.25) is 72.3 Å². The lowest BCUT2D eigenvalue weighted by Crippen LogP contribution is -2.49. The predicted molar refractivity (Wildman–Crippen MR) is 191 cm³/mol. The van der Waals surface area contributed by atoms with Crippen LogP contribution in [-0.2, 0) is 52.7 Å². The minimum absolute atomic E-state index is 0.00857. The van der Waals surface area contributed by atoms with Crippen LogP contribution < -0.4 is 11.1 Å². The molecule has 0 aromatic heterocycles. The number of ketones is 1. The topological polar surface area (TPSA) is 242 Å². The van der Waals surface area contributed by atoms with Crippen molar-refractivity contribution in [2.24, 2.45) is 5.73 Å². The molecule has 0 spiro atoms. The number of carbonyl (C=O) groups is 11. The van der Waals surface area contributed by atoms with Crippen LogP contribution in [0.25, 0.3) is 0 Å². The van der Waals surface area contributed by atoms with Gasteiger partial charge in [-0.15, -0.1) is 0 Å². The van der Waals surface area contributed by atoms with Crippen molar-refractivity contribution >= 4 is 64.9 Å². The maximum Gasteiger partial charge on any atom is 0.253 e. The molecule has 55 heavy (non-hydrogen) atoms. The Bertz CT molecular complexity index is 1540. The number of Topliss-reactive ketones (excluding diaryl/α,β-unsaturated/α-hetero) is 1. The fraction of sp³-hybridized carbons (Fsp3) is 0.541. The van der Waals surface area contributed by atoms with E-state index in [1.807, 2.05) is 0 Å². The maximum atomic E-state index is 12.9. The van der Waals surface area contributed by atoms with E-state index in [9.17, 15) is 52.7 Å². The summed E-state index contributed by atoms with van der Waals surface area (Å²) in [7, 11) is 0. The summed E-state index contributed by atoms with van der Waals surface area (Å²) in [5, 5.41) is 2.76. The molecule has 2 atom stereocenters. The van der Waals surface area contributed by atoms with Gasteiger partial charge in [0.25, 0.3) is 35.4 Å². The standard InChI is InChI=1S/C37H47N7O11/c38-19-3-6-29(47)40(21-2-1-5-27(45)9-7-25(43-34(52)15-16-35(43)53)23-41-30(48)11-12-31(41)49)22-4-20-39-28(46)10-8-26(44-36(54)17-18-37(44)55)24-42-32(50)13-14-33(42)51/h13-18,25-26H,1-12,19-24,38H2,(H,39,46). The second kappa shape index (κ2) is 20.1. The quantitative estimate of drug-likeness (QED) is 0.0891. The first kappa shape index (κ1) is 42.1. The molecule has 1 saturated heterocycles. The lowest BCUT2D eigenvalue weighted by Gasteiger charge is -2.29. The molecule has 18 nitrogen and oxygen atoms in total. The van der Waals surface area contributed by atoms with Gasteiger partial charge in [-0.05, 0) is 45.1 Å². The number of carbonyl (C=O) groups excluding carboxylic acids is 11. The van der Waals surface area contributed by atoms with Crippen LogP contribution in [0.1, 0.15) is 77.0 Å². The smallest absolute Gasteiger partial charge is 0.253 e. The van der Waals surface area contributed by atoms with Crippen molar-refractivity contribution in [3.8, 4) is 0 Å². The molecule has 10 amide bonds. The van der Waals surface area contributed by atoms with Gasteiger partial charge in [0, 0.05) is 101 Å². The molecule has 18 heteroatoms. The molecule has 0 bridgehead atoms. The van der Waals surface area contributed by atoms with E-state index in [4.69, 9.17) is 5.73 Å². The van der Waals surface area contributed by atoms with E-state index >= 15 is 0 Å². The van der Waals surface area contributed by atoms with Crippen molar-refractivity contribution in [2.45, 2.75) is 89.1 Å². The van der Waals surface area contributed by atoms with E-state index in [1.165, 1.54) is 0 Å². The van der Waals surface area contributed by atoms with Gasteiger partial charge in [-0.2, -0.15) is 0 Å². The third-order valence-corrected chi connectivity index (χ3v) is 9.73. The number of nitrogens with one attached hydrogen (secondary N) is 1. The molecular formula is C37H47N7O11. The fourth-order valence-corrected chi connectivity index (χ4v) is 6.74. The van der Waals surface area contributed by atoms with Crippen molar-refractivity contribution in [1.29, 1.82) is 0 Å². The highest BCUT2D eigenvalue weighted by atomic mass is 16.2. The van der Waals surface area contributed by atoms with Crippen LogP contribution in [0.4, 0.5) is 0 Å². The molecule has 0 aromatic rings. The van der Waals surface area contributed by atoms with Crippen LogP contribution >= 0.6 is 0 Å². The zero-order valence-electron chi connectivity index (χ0n) is 30.7. The van der Waals surface area contributed by atoms with Gasteiger partial charge in [-0.25, -0.2) is 0 Å². The molecule has 296 valence electrons. The Hall–Kier alpha value is -5.65. The van der Waals surface area contributed by atoms with Crippen LogP contribution in [0.15, 0.2) is 36.5 Å². The van der Waals surface area contributed by atoms with Crippen molar-refractivity contribution in [2.75, 3.05) is 39.3 Å². The van der Waals surface area contributed by atoms with Gasteiger partial charge in [0.1, 0.15) is 5.78 Å². The Balaban J connectivity index is 1.20. The average molecular weight is 766 g/mol. The molecule has 1 fully saturated rings. The van der Waals surface area contributed by atoms with E-state index in [-0.39, 0.29) is 100 Å². The van der Waals surface area contributed by atoms with Crippen molar-refractivity contribution < 1.29 is 52.7 Å². The summed E-state index contributed by atoms with van der Waals surface area (Å²) in [6.07, 6.45) is 8.98. The third kappa shape index (κ3) is 11.7. The van der Waals surface area contributed by atoms with Crippen LogP contribution in [-0.4, -0.2) is 141 Å². The second-order valence-corrected chi connectivity index (χ2v) is 13.6. The predicted octanol–water partition coefficient (Wildman–Crippen LogP) is -0.979. The number of amides is 10. The van der Waals surface area contributed by atoms with E-state index < -0.39 is 47.5 Å². The summed E-state index contributed by atoms with van der Waals surface area (Å²) in [4.78, 5) is 142. The van der Waals surface area contributed by atoms with Crippen molar-refractivity contribution in [3.63, 3.8) is 0 Å². The molecule has 4 heterocycles. The minimum Gasteiger partial charge on any atom is -0.356 e. The highest BCUT2D eigenvalue weighted by molar-refractivity contribution is 6.15. The fourth-order valence-electron chi connectivity index (χ4n) is 6.74. The van der Waals surface area contributed by atoms with E-state index in [0.717, 1.165) is 56.1 Å². The molecule has 0 aromatic carbocycles. The number of rotatable bonds is 24. The molecule has 4 rings (SSSR count). The number of imide groups is 4. The zero-order valence-corrected chi connectivity index (χ0v) is 30.7. The first-order valence-corrected chi connectivity index (χ1v) is 18.5. The normalized spacial score (nSPS) is 17.8. The number of hydrogen-bond donors (Lipinski definition) is 2. The first-order valence-electron chi connectivity index (χ1n) is 18.5. The van der Waals surface area contributed by atoms with E-state index in [1.54, 1.807) is 4.90 Å². The Morgan fingerprint density at radius 2 is 1.09 bits per heavy atom. The molecule has 3 N–H and O–H groups in total. The molecule has 0 saturated carbocycles. The number of hydrogen-bond acceptors (Lipinski definition) is 12. The number of unbranched alkanes of at least 4 members (excludes halogenated alkanes) is 1. The van der Waals surface area contributed by atoms with Crippen LogP contribution in [0.5, 0.6) is 0 Å². The molecule has 2 unspecified atom stereocenters. The average Bonchev–Trinajstić information content (AvgIpc) is 3.88. The summed E-state index contributed by atoms with van der Waals surface area (Å²) < 4.78 is 0. The van der Waals surface area contributed by atoms with Gasteiger partial charge < -0.3 is 16.0 Å². The molecule has 0 aliphatic carbocycles. The first-order chi connectivity index (χ1) is 26.3. The highest BCUT2D eigenvalue weighted by Gasteiger charge is 2.38. The lowest BCUT2D eigenvalue weighted by atomic mass is 10.0. The highest BCUT2D eigenvalue weighted by Crippen LogP contribution is 2.21. The zero-order chi connectivity index (χ0) is 40.1. The summed E-state index contributed by atoms with van der Waals surface area (Å²) >= 11 is 0. The van der Waals surface area contributed by atoms with Crippen LogP contribution in [0.2, 0.25) is 0 Å². The van der Waals surface area contributed by atoms with Gasteiger partial charge in [0.15, 0.2) is 0 Å². The van der Waals surface area contributed by atoms with Crippen LogP contribution in [0, 0.1) is 0 Å². The summed E-state index contributed by atoms with van der Waals surface area (Å²) in [5.74, 6) is -4.90. The maximum absolute atomic E-state index is 12.9. The Morgan fingerprint density at radius 3 is 1.64 bits per heavy atom. The second-order valence-electron chi connectivity index (χ2n) is 13.6. The molecular weight excluding hydrogens is 718 g/mol. The van der Waals surface area contributed by atoms with Crippen molar-refractivity contribution in [3.05, 3.63) is 36.5 Å². The summed E-state index contributed by atoms with van der Waals surface area (Å²) in [6, 6.07) is -1.73. The summed E-state index contributed by atoms with van der Waals surface area (Å²) in [5.41, 5.74) is 5.60. The Morgan fingerprint density at radius 1 is 0.600 bits per heavy atom. The number of likely N-dealkylation sites (tertiary alicyclic amines) is 1. The molecule has 0 radical (unpaired) electrons. The summed E-state index contributed by atoms with van der Waals surface area (Å²) in [6.45, 7) is 0.806. The minimum atomic E-state index is -0.903. The Kier molecular flexibility index (Phi) is 15.4. The largest absolute Gasteiger partial charge is 0.356 e. The van der Waals surface area contributed by atoms with Gasteiger partial charge in [0.2, 0.25) is 23.6 Å². The van der Waals surface area contributed by atoms with Gasteiger partial charge in [0.05, 0.1) is 18.6 Å². The SMILES string of the molecule is NCCCC(=O)N(CCCCC(=O)CCC(CN1C(=O)CCC1=O)N1C(=O)C=CC1=O)CCCNC(=O)CCC(CN1C(=O)C=CC1=O)N1C(=O)C=CC1=O. The van der Waals surface area contributed by atoms with Gasteiger partial charge in [-0.1, -0.05) is 0 Å². The number of nitrogens with zero attached hydrogens (tertiary/aromatic N) is 5. The van der Waals surface area contributed by atoms with E-state index in [2.05, 4.69) is 5.32 Å². The van der Waals surface area contributed by atoms with Crippen molar-refractivity contribution in [1.82, 2.24) is 29.8 Å². The number of nitrogens with two attached hydrogens (primary N) is 1. The van der Waals surface area contributed by atoms with Gasteiger partial charge >= 0.3 is 0 Å². The monoisotopic (exact) mass is 765 g/mol. The Labute approximate surface area is 317 Å². The third-order valence-electron chi connectivity index (χ3n) is 9.73. The molecule has 4 aliphatic rings. The molecule has 4 aliphatic heterocycles.